The lowest BCUT2D eigenvalue weighted by Gasteiger charge is -2.58. The minimum absolute atomic E-state index is 0.0185. The SMILES string of the molecule is C=CC(=O)N1CC2(CC(n3nc(-c4ccc5nn(CCOCCOC)cc5c4)c(/C=c4\cn[nH]c4=C)c3C)C2)C1. The number of likely N-dealkylation sites (tertiary alicyclic amines) is 1. The van der Waals surface area contributed by atoms with Gasteiger partial charge in [0.05, 0.1) is 55.2 Å². The summed E-state index contributed by atoms with van der Waals surface area (Å²) in [7, 11) is 1.67. The highest BCUT2D eigenvalue weighted by molar-refractivity contribution is 5.88. The first-order chi connectivity index (χ1) is 19.4. The van der Waals surface area contributed by atoms with Gasteiger partial charge in [0, 0.05) is 59.2 Å². The molecule has 10 heteroatoms. The Bertz CT molecular complexity index is 1670. The number of rotatable bonds is 10. The zero-order valence-electron chi connectivity index (χ0n) is 23.1. The van der Waals surface area contributed by atoms with Crippen molar-refractivity contribution in [1.82, 2.24) is 34.7 Å². The fourth-order valence-corrected chi connectivity index (χ4v) is 6.04. The first kappa shape index (κ1) is 26.2. The molecule has 2 aliphatic rings. The van der Waals surface area contributed by atoms with Gasteiger partial charge >= 0.3 is 0 Å². The van der Waals surface area contributed by atoms with Gasteiger partial charge in [0.25, 0.3) is 0 Å². The van der Waals surface area contributed by atoms with E-state index in [1.807, 2.05) is 15.6 Å². The lowest BCUT2D eigenvalue weighted by atomic mass is 9.60. The smallest absolute Gasteiger partial charge is 0.245 e. The summed E-state index contributed by atoms with van der Waals surface area (Å²) in [4.78, 5) is 13.8. The molecule has 1 aliphatic carbocycles. The minimum Gasteiger partial charge on any atom is -0.382 e. The summed E-state index contributed by atoms with van der Waals surface area (Å²) < 4.78 is 14.7. The van der Waals surface area contributed by atoms with E-state index in [4.69, 9.17) is 19.7 Å². The van der Waals surface area contributed by atoms with Crippen LogP contribution in [0.1, 0.15) is 30.1 Å². The lowest BCUT2D eigenvalue weighted by molar-refractivity contribution is -0.149. The van der Waals surface area contributed by atoms with Crippen LogP contribution in [-0.2, 0) is 20.8 Å². The molecule has 1 aromatic carbocycles. The number of carbonyl (C=O) groups excluding carboxylic acids is 1. The summed E-state index contributed by atoms with van der Waals surface area (Å²) >= 11 is 0. The van der Waals surface area contributed by atoms with Crippen LogP contribution in [0.2, 0.25) is 0 Å². The van der Waals surface area contributed by atoms with Crippen molar-refractivity contribution in [3.63, 3.8) is 0 Å². The summed E-state index contributed by atoms with van der Waals surface area (Å²) in [5.41, 5.74) is 5.26. The molecular weight excluding hydrogens is 506 g/mol. The molecule has 1 amide bonds. The van der Waals surface area contributed by atoms with Crippen molar-refractivity contribution in [2.24, 2.45) is 5.41 Å². The van der Waals surface area contributed by atoms with Gasteiger partial charge in [0.2, 0.25) is 5.91 Å². The minimum atomic E-state index is 0.0185. The molecule has 0 bridgehead atoms. The van der Waals surface area contributed by atoms with Crippen molar-refractivity contribution in [2.45, 2.75) is 32.4 Å². The summed E-state index contributed by atoms with van der Waals surface area (Å²) in [6, 6.07) is 6.59. The molecule has 6 rings (SSSR count). The van der Waals surface area contributed by atoms with E-state index >= 15 is 0 Å². The summed E-state index contributed by atoms with van der Waals surface area (Å²) in [5, 5.41) is 19.7. The molecule has 1 spiro atoms. The summed E-state index contributed by atoms with van der Waals surface area (Å²) in [5.74, 6) is 0.0185. The molecule has 0 radical (unpaired) electrons. The van der Waals surface area contributed by atoms with Gasteiger partial charge in [0.15, 0.2) is 0 Å². The number of hydrogen-bond donors (Lipinski definition) is 1. The molecule has 2 fully saturated rings. The fourth-order valence-electron chi connectivity index (χ4n) is 6.04. The van der Waals surface area contributed by atoms with E-state index in [0.717, 1.165) is 69.9 Å². The zero-order chi connectivity index (χ0) is 27.9. The number of methoxy groups -OCH3 is 1. The topological polar surface area (TPSA) is 103 Å². The maximum absolute atomic E-state index is 12.0. The highest BCUT2D eigenvalue weighted by Gasteiger charge is 2.54. The highest BCUT2D eigenvalue weighted by atomic mass is 16.5. The average Bonchev–Trinajstić information content (AvgIpc) is 3.59. The molecule has 1 saturated carbocycles. The largest absolute Gasteiger partial charge is 0.382 e. The second kappa shape index (κ2) is 10.5. The van der Waals surface area contributed by atoms with Crippen LogP contribution in [-0.4, -0.2) is 80.6 Å². The zero-order valence-corrected chi connectivity index (χ0v) is 23.1. The van der Waals surface area contributed by atoms with Gasteiger partial charge in [-0.25, -0.2) is 0 Å². The van der Waals surface area contributed by atoms with Crippen LogP contribution in [0.25, 0.3) is 34.8 Å². The maximum atomic E-state index is 12.0. The van der Waals surface area contributed by atoms with Gasteiger partial charge in [-0.2, -0.15) is 15.3 Å². The number of ether oxygens (including phenoxy) is 2. The van der Waals surface area contributed by atoms with Gasteiger partial charge in [-0.15, -0.1) is 0 Å². The van der Waals surface area contributed by atoms with E-state index in [-0.39, 0.29) is 11.3 Å². The van der Waals surface area contributed by atoms with Crippen LogP contribution in [0.4, 0.5) is 0 Å². The second-order valence-electron chi connectivity index (χ2n) is 11.0. The van der Waals surface area contributed by atoms with E-state index < -0.39 is 0 Å². The van der Waals surface area contributed by atoms with Gasteiger partial charge in [-0.1, -0.05) is 19.2 Å². The molecular formula is C30H35N7O3. The number of amides is 1. The van der Waals surface area contributed by atoms with E-state index in [2.05, 4.69) is 59.4 Å². The molecule has 1 N–H and O–H groups in total. The number of nitrogens with one attached hydrogen (secondary N) is 1. The second-order valence-corrected chi connectivity index (χ2v) is 11.0. The number of hydrogen-bond acceptors (Lipinski definition) is 6. The van der Waals surface area contributed by atoms with Crippen LogP contribution in [0.15, 0.2) is 43.2 Å². The number of carbonyl (C=O) groups is 1. The van der Waals surface area contributed by atoms with Crippen LogP contribution in [0.3, 0.4) is 0 Å². The molecule has 3 aromatic heterocycles. The third kappa shape index (κ3) is 4.77. The average molecular weight is 542 g/mol. The van der Waals surface area contributed by atoms with Crippen molar-refractivity contribution in [1.29, 1.82) is 0 Å². The van der Waals surface area contributed by atoms with E-state index in [0.29, 0.717) is 32.4 Å². The molecule has 4 heterocycles. The van der Waals surface area contributed by atoms with Gasteiger partial charge in [-0.3, -0.25) is 19.3 Å². The quantitative estimate of drug-likeness (QED) is 0.244. The molecule has 208 valence electrons. The predicted octanol–water partition coefficient (Wildman–Crippen LogP) is 2.18. The monoisotopic (exact) mass is 541 g/mol. The molecule has 1 saturated heterocycles. The predicted molar refractivity (Wildman–Crippen MR) is 153 cm³/mol. The van der Waals surface area contributed by atoms with E-state index in [1.54, 1.807) is 13.3 Å². The molecule has 4 aromatic rings. The number of aromatic nitrogens is 6. The Morgan fingerprint density at radius 1 is 1.23 bits per heavy atom. The standard InChI is InChI=1S/C30H35N7O3/c1-5-28(38)35-18-30(19-35)14-25(15-30)37-21(3)26(13-23-16-31-32-20(23)2)29(34-37)22-6-7-27-24(12-22)17-36(33-27)8-9-40-11-10-39-4/h5-7,12-13,16-17,25,32H,1-2,8-11,14-15,18-19H2,3-4H3/b23-13+. The first-order valence-corrected chi connectivity index (χ1v) is 13.6. The number of fused-ring (bicyclic) bond motifs is 1. The number of nitrogens with zero attached hydrogens (tertiary/aromatic N) is 6. The fraction of sp³-hybridized carbons (Fsp3) is 0.400. The van der Waals surface area contributed by atoms with Crippen LogP contribution in [0, 0.1) is 12.3 Å². The third-order valence-corrected chi connectivity index (χ3v) is 8.19. The van der Waals surface area contributed by atoms with Crippen molar-refractivity contribution in [3.05, 3.63) is 65.1 Å². The van der Waals surface area contributed by atoms with Gasteiger partial charge < -0.3 is 14.4 Å². The molecule has 1 aliphatic heterocycles. The van der Waals surface area contributed by atoms with Gasteiger partial charge in [0.1, 0.15) is 0 Å². The molecule has 10 nitrogen and oxygen atoms in total. The van der Waals surface area contributed by atoms with Gasteiger partial charge in [-0.05, 0) is 44.1 Å². The van der Waals surface area contributed by atoms with E-state index in [1.165, 1.54) is 6.08 Å². The van der Waals surface area contributed by atoms with E-state index in [9.17, 15) is 4.79 Å². The Labute approximate surface area is 232 Å². The highest BCUT2D eigenvalue weighted by Crippen LogP contribution is 2.54. The normalized spacial score (nSPS) is 16.9. The Morgan fingerprint density at radius 2 is 2.05 bits per heavy atom. The van der Waals surface area contributed by atoms with Crippen molar-refractivity contribution < 1.29 is 14.3 Å². The number of aromatic amines is 1. The van der Waals surface area contributed by atoms with Crippen LogP contribution < -0.4 is 10.6 Å². The van der Waals surface area contributed by atoms with Crippen LogP contribution in [0.5, 0.6) is 0 Å². The summed E-state index contributed by atoms with van der Waals surface area (Å²) in [6.45, 7) is 13.8. The first-order valence-electron chi connectivity index (χ1n) is 13.6. The maximum Gasteiger partial charge on any atom is 0.245 e. The Balaban J connectivity index is 1.29. The van der Waals surface area contributed by atoms with Crippen molar-refractivity contribution >= 4 is 29.5 Å². The number of benzene rings is 1. The Hall–Kier alpha value is -4.02. The third-order valence-electron chi connectivity index (χ3n) is 8.19. The lowest BCUT2D eigenvalue weighted by Crippen LogP contribution is -2.63. The Kier molecular flexibility index (Phi) is 6.89. The number of H-pyrrole nitrogens is 1. The Morgan fingerprint density at radius 3 is 2.77 bits per heavy atom. The molecule has 40 heavy (non-hydrogen) atoms. The van der Waals surface area contributed by atoms with Crippen LogP contribution >= 0.6 is 0 Å². The van der Waals surface area contributed by atoms with Crippen molar-refractivity contribution in [3.8, 4) is 11.3 Å². The summed E-state index contributed by atoms with van der Waals surface area (Å²) in [6.07, 6.45) is 9.40. The van der Waals surface area contributed by atoms with Crippen molar-refractivity contribution in [2.75, 3.05) is 40.0 Å². The molecule has 0 atom stereocenters. The molecule has 0 unspecified atom stereocenters.